The summed E-state index contributed by atoms with van der Waals surface area (Å²) in [5, 5.41) is 9.21. The first-order valence-electron chi connectivity index (χ1n) is 7.73. The molecule has 1 aliphatic rings. The third-order valence-corrected chi connectivity index (χ3v) is 4.15. The van der Waals surface area contributed by atoms with E-state index in [0.717, 1.165) is 37.6 Å². The van der Waals surface area contributed by atoms with Crippen molar-refractivity contribution < 1.29 is 14.6 Å². The predicted molar refractivity (Wildman–Crippen MR) is 89.3 cm³/mol. The van der Waals surface area contributed by atoms with E-state index in [0.29, 0.717) is 16.9 Å². The molecule has 1 aromatic carbocycles. The van der Waals surface area contributed by atoms with E-state index in [1.807, 2.05) is 24.3 Å². The van der Waals surface area contributed by atoms with Gasteiger partial charge in [-0.05, 0) is 12.1 Å². The van der Waals surface area contributed by atoms with Crippen LogP contribution in [0.1, 0.15) is 10.4 Å². The molecule has 1 aliphatic heterocycles. The van der Waals surface area contributed by atoms with Crippen LogP contribution < -0.4 is 4.90 Å². The van der Waals surface area contributed by atoms with Gasteiger partial charge in [-0.3, -0.25) is 0 Å². The van der Waals surface area contributed by atoms with Crippen LogP contribution in [-0.4, -0.2) is 52.3 Å². The van der Waals surface area contributed by atoms with Gasteiger partial charge in [0.1, 0.15) is 11.1 Å². The summed E-state index contributed by atoms with van der Waals surface area (Å²) in [7, 11) is 0. The van der Waals surface area contributed by atoms with Gasteiger partial charge >= 0.3 is 5.97 Å². The van der Waals surface area contributed by atoms with Crippen LogP contribution in [0.25, 0.3) is 22.4 Å². The first-order valence-corrected chi connectivity index (χ1v) is 7.73. The number of aromatic nitrogens is 3. The number of fused-ring (bicyclic) bond motifs is 1. The molecule has 1 fully saturated rings. The summed E-state index contributed by atoms with van der Waals surface area (Å²) < 4.78 is 5.37. The molecule has 7 heteroatoms. The number of nitrogens with zero attached hydrogens (tertiary/aromatic N) is 3. The molecule has 2 N–H and O–H groups in total. The van der Waals surface area contributed by atoms with E-state index in [4.69, 9.17) is 4.74 Å². The third-order valence-electron chi connectivity index (χ3n) is 4.15. The number of morpholine rings is 1. The van der Waals surface area contributed by atoms with Gasteiger partial charge in [0.15, 0.2) is 5.65 Å². The van der Waals surface area contributed by atoms with Gasteiger partial charge in [-0.25, -0.2) is 14.8 Å². The number of H-pyrrole nitrogens is 1. The molecule has 122 valence electrons. The number of hydrogen-bond acceptors (Lipinski definition) is 5. The van der Waals surface area contributed by atoms with Crippen LogP contribution in [0, 0.1) is 0 Å². The lowest BCUT2D eigenvalue weighted by molar-refractivity contribution is 0.0699. The van der Waals surface area contributed by atoms with Crippen LogP contribution >= 0.6 is 0 Å². The zero-order valence-electron chi connectivity index (χ0n) is 12.9. The molecular formula is C17H16N4O3. The summed E-state index contributed by atoms with van der Waals surface area (Å²) in [5.41, 5.74) is 3.67. The van der Waals surface area contributed by atoms with Gasteiger partial charge in [0.25, 0.3) is 0 Å². The molecule has 3 aromatic rings. The molecule has 1 saturated heterocycles. The number of rotatable bonds is 3. The van der Waals surface area contributed by atoms with E-state index < -0.39 is 5.97 Å². The number of aromatic carboxylic acids is 1. The largest absolute Gasteiger partial charge is 0.478 e. The fourth-order valence-electron chi connectivity index (χ4n) is 2.86. The van der Waals surface area contributed by atoms with Crippen LogP contribution in [0.2, 0.25) is 0 Å². The third kappa shape index (κ3) is 2.59. The molecule has 7 nitrogen and oxygen atoms in total. The summed E-state index contributed by atoms with van der Waals surface area (Å²) in [6.45, 7) is 3.26. The van der Waals surface area contributed by atoms with Crippen molar-refractivity contribution in [3.05, 3.63) is 42.2 Å². The quantitative estimate of drug-likeness (QED) is 0.767. The normalized spacial score (nSPS) is 14.9. The van der Waals surface area contributed by atoms with Crippen LogP contribution in [0.5, 0.6) is 0 Å². The molecule has 4 rings (SSSR count). The van der Waals surface area contributed by atoms with Crippen LogP contribution in [0.3, 0.4) is 0 Å². The van der Waals surface area contributed by atoms with Gasteiger partial charge < -0.3 is 19.7 Å². The van der Waals surface area contributed by atoms with E-state index in [1.165, 1.54) is 6.20 Å². The van der Waals surface area contributed by atoms with E-state index in [2.05, 4.69) is 19.9 Å². The summed E-state index contributed by atoms with van der Waals surface area (Å²) in [4.78, 5) is 25.1. The molecule has 0 radical (unpaired) electrons. The Morgan fingerprint density at radius 2 is 1.96 bits per heavy atom. The van der Waals surface area contributed by atoms with Crippen molar-refractivity contribution >= 4 is 22.8 Å². The first kappa shape index (κ1) is 14.6. The van der Waals surface area contributed by atoms with Gasteiger partial charge in [0.05, 0.1) is 25.1 Å². The first-order chi connectivity index (χ1) is 11.7. The summed E-state index contributed by atoms with van der Waals surface area (Å²) in [6.07, 6.45) is 3.06. The average Bonchev–Trinajstić information content (AvgIpc) is 3.06. The SMILES string of the molecule is O=C(O)c1c[nH]c2ncc(-c3ccc(N4CCOCC4)cc3)nc12. The van der Waals surface area contributed by atoms with Crippen molar-refractivity contribution in [3.63, 3.8) is 0 Å². The highest BCUT2D eigenvalue weighted by Crippen LogP contribution is 2.24. The van der Waals surface area contributed by atoms with Gasteiger partial charge in [-0.1, -0.05) is 12.1 Å². The Balaban J connectivity index is 1.66. The molecule has 0 saturated carbocycles. The molecule has 2 aromatic heterocycles. The second-order valence-corrected chi connectivity index (χ2v) is 5.61. The highest BCUT2D eigenvalue weighted by Gasteiger charge is 2.15. The van der Waals surface area contributed by atoms with Gasteiger partial charge in [0, 0.05) is 30.5 Å². The second-order valence-electron chi connectivity index (χ2n) is 5.61. The molecule has 0 spiro atoms. The van der Waals surface area contributed by atoms with E-state index in [-0.39, 0.29) is 5.56 Å². The molecule has 0 amide bonds. The zero-order chi connectivity index (χ0) is 16.5. The van der Waals surface area contributed by atoms with Crippen molar-refractivity contribution in [2.24, 2.45) is 0 Å². The topological polar surface area (TPSA) is 91.3 Å². The minimum absolute atomic E-state index is 0.129. The Kier molecular flexibility index (Phi) is 3.62. The molecular weight excluding hydrogens is 308 g/mol. The van der Waals surface area contributed by atoms with Crippen molar-refractivity contribution in [2.75, 3.05) is 31.2 Å². The number of benzene rings is 1. The lowest BCUT2D eigenvalue weighted by atomic mass is 10.1. The molecule has 3 heterocycles. The Hall–Kier alpha value is -2.93. The number of anilines is 1. The highest BCUT2D eigenvalue weighted by atomic mass is 16.5. The molecule has 0 bridgehead atoms. The maximum Gasteiger partial charge on any atom is 0.339 e. The molecule has 0 aliphatic carbocycles. The van der Waals surface area contributed by atoms with Gasteiger partial charge in [-0.2, -0.15) is 0 Å². The maximum absolute atomic E-state index is 11.2. The number of ether oxygens (including phenoxy) is 1. The van der Waals surface area contributed by atoms with Crippen molar-refractivity contribution in [2.45, 2.75) is 0 Å². The fraction of sp³-hybridized carbons (Fsp3) is 0.235. The number of hydrogen-bond donors (Lipinski definition) is 2. The Bertz CT molecular complexity index is 882. The Labute approximate surface area is 137 Å². The minimum Gasteiger partial charge on any atom is -0.478 e. The van der Waals surface area contributed by atoms with Crippen LogP contribution in [0.4, 0.5) is 5.69 Å². The van der Waals surface area contributed by atoms with Crippen LogP contribution in [-0.2, 0) is 4.74 Å². The Morgan fingerprint density at radius 1 is 1.21 bits per heavy atom. The molecule has 24 heavy (non-hydrogen) atoms. The number of aromatic amines is 1. The lowest BCUT2D eigenvalue weighted by Crippen LogP contribution is -2.36. The zero-order valence-corrected chi connectivity index (χ0v) is 12.9. The number of carbonyl (C=O) groups is 1. The smallest absolute Gasteiger partial charge is 0.339 e. The summed E-state index contributed by atoms with van der Waals surface area (Å²) >= 11 is 0. The van der Waals surface area contributed by atoms with Crippen molar-refractivity contribution in [3.8, 4) is 11.3 Å². The van der Waals surface area contributed by atoms with Crippen LogP contribution in [0.15, 0.2) is 36.7 Å². The van der Waals surface area contributed by atoms with E-state index in [1.54, 1.807) is 6.20 Å². The van der Waals surface area contributed by atoms with Gasteiger partial charge in [-0.15, -0.1) is 0 Å². The predicted octanol–water partition coefficient (Wildman–Crippen LogP) is 2.16. The maximum atomic E-state index is 11.2. The molecule has 0 atom stereocenters. The summed E-state index contributed by atoms with van der Waals surface area (Å²) in [6, 6.07) is 8.05. The molecule has 0 unspecified atom stereocenters. The van der Waals surface area contributed by atoms with Gasteiger partial charge in [0.2, 0.25) is 0 Å². The lowest BCUT2D eigenvalue weighted by Gasteiger charge is -2.28. The minimum atomic E-state index is -1.02. The second kappa shape index (κ2) is 5.93. The Morgan fingerprint density at radius 3 is 2.67 bits per heavy atom. The van der Waals surface area contributed by atoms with Crippen molar-refractivity contribution in [1.82, 2.24) is 15.0 Å². The fourth-order valence-corrected chi connectivity index (χ4v) is 2.86. The number of carboxylic acids is 1. The van der Waals surface area contributed by atoms with Crippen molar-refractivity contribution in [1.29, 1.82) is 0 Å². The number of carboxylic acid groups (broad SMARTS) is 1. The average molecular weight is 324 g/mol. The highest BCUT2D eigenvalue weighted by molar-refractivity contribution is 6.00. The standard InChI is InChI=1S/C17H16N4O3/c22-17(23)13-9-18-16-15(13)20-14(10-19-16)11-1-3-12(4-2-11)21-5-7-24-8-6-21/h1-4,9-10H,5-8H2,(H,18,19)(H,22,23). The van der Waals surface area contributed by atoms with E-state index in [9.17, 15) is 9.90 Å². The van der Waals surface area contributed by atoms with E-state index >= 15 is 0 Å². The monoisotopic (exact) mass is 324 g/mol. The summed E-state index contributed by atoms with van der Waals surface area (Å²) in [5.74, 6) is -1.02. The number of nitrogens with one attached hydrogen (secondary N) is 1.